The normalized spacial score (nSPS) is 22.3. The number of thiophene rings is 1. The van der Waals surface area contributed by atoms with Crippen LogP contribution < -0.4 is 10.6 Å². The van der Waals surface area contributed by atoms with Gasteiger partial charge in [0, 0.05) is 68.6 Å². The number of nitrogens with zero attached hydrogens (tertiary/aromatic N) is 8. The van der Waals surface area contributed by atoms with Gasteiger partial charge in [-0.25, -0.2) is 9.98 Å². The minimum atomic E-state index is -0.561. The summed E-state index contributed by atoms with van der Waals surface area (Å²) in [5.74, 6) is 0.964. The predicted octanol–water partition coefficient (Wildman–Crippen LogP) is 1.78. The molecule has 30 heavy (non-hydrogen) atoms. The Balaban J connectivity index is 1.12. The maximum atomic E-state index is 11.0. The minimum Gasteiger partial charge on any atom is -0.353 e. The van der Waals surface area contributed by atoms with Crippen LogP contribution in [0.25, 0.3) is 0 Å². The van der Waals surface area contributed by atoms with Crippen LogP contribution in [0.1, 0.15) is 28.6 Å². The van der Waals surface area contributed by atoms with Gasteiger partial charge in [0.25, 0.3) is 0 Å². The second-order valence-corrected chi connectivity index (χ2v) is 9.40. The highest BCUT2D eigenvalue weighted by Gasteiger charge is 2.31. The molecule has 0 spiro atoms. The average Bonchev–Trinajstić information content (AvgIpc) is 3.14. The van der Waals surface area contributed by atoms with Crippen molar-refractivity contribution in [3.05, 3.63) is 34.6 Å². The lowest BCUT2D eigenvalue weighted by Crippen LogP contribution is -2.47. The monoisotopic (exact) mass is 424 g/mol. The van der Waals surface area contributed by atoms with E-state index in [1.165, 1.54) is 10.4 Å². The molecular formula is C21H28N8S. The molecule has 0 bridgehead atoms. The van der Waals surface area contributed by atoms with Crippen LogP contribution in [0.3, 0.4) is 0 Å². The molecule has 1 saturated heterocycles. The first-order chi connectivity index (χ1) is 14.7. The third kappa shape index (κ3) is 3.94. The van der Waals surface area contributed by atoms with E-state index >= 15 is 0 Å². The molecule has 0 amide bonds. The highest BCUT2D eigenvalue weighted by molar-refractivity contribution is 7.16. The van der Waals surface area contributed by atoms with E-state index in [9.17, 15) is 5.73 Å². The van der Waals surface area contributed by atoms with Crippen LogP contribution in [0.2, 0.25) is 0 Å². The maximum absolute atomic E-state index is 11.0. The van der Waals surface area contributed by atoms with E-state index < -0.39 is 6.17 Å². The number of anilines is 1. The van der Waals surface area contributed by atoms with E-state index in [1.807, 2.05) is 17.4 Å². The van der Waals surface area contributed by atoms with Gasteiger partial charge in [0.05, 0.1) is 12.5 Å². The molecule has 2 aromatic heterocycles. The van der Waals surface area contributed by atoms with Crippen molar-refractivity contribution < 1.29 is 0 Å². The Morgan fingerprint density at radius 3 is 2.80 bits per heavy atom. The molecule has 0 N–H and O–H groups in total. The standard InChI is InChI=1S/C21H28N8S/c1-26-8-3-16-17(14-26)30-21-19(16)20(22)29(15-25-21)7-2-6-27-9-11-28(12-10-27)18-13-23-4-5-24-18/h4-5,13,15,20H,2-3,6-12,14H2,1H3. The van der Waals surface area contributed by atoms with Crippen LogP contribution in [0.4, 0.5) is 10.8 Å². The number of aromatic nitrogens is 2. The topological polar surface area (TPSA) is 73.4 Å². The molecule has 1 unspecified atom stereocenters. The summed E-state index contributed by atoms with van der Waals surface area (Å²) < 4.78 is 0. The van der Waals surface area contributed by atoms with Crippen molar-refractivity contribution in [1.29, 1.82) is 0 Å². The molecule has 2 radical (unpaired) electrons. The zero-order valence-corrected chi connectivity index (χ0v) is 18.3. The van der Waals surface area contributed by atoms with Gasteiger partial charge in [-0.15, -0.1) is 17.1 Å². The molecule has 8 nitrogen and oxygen atoms in total. The molecule has 3 aliphatic heterocycles. The SMILES string of the molecule is CN1CCc2c(sc3c2C([N])N(CCCN2CCN(c4cnccn4)CC2)C=N3)C1. The Morgan fingerprint density at radius 1 is 1.13 bits per heavy atom. The fourth-order valence-electron chi connectivity index (χ4n) is 4.57. The van der Waals surface area contributed by atoms with Gasteiger partial charge in [-0.3, -0.25) is 9.88 Å². The van der Waals surface area contributed by atoms with Crippen molar-refractivity contribution in [3.8, 4) is 0 Å². The van der Waals surface area contributed by atoms with E-state index in [0.717, 1.165) is 81.6 Å². The van der Waals surface area contributed by atoms with Gasteiger partial charge in [0.15, 0.2) is 0 Å². The second kappa shape index (κ2) is 8.58. The molecule has 1 fully saturated rings. The van der Waals surface area contributed by atoms with Crippen LogP contribution in [-0.4, -0.2) is 83.9 Å². The highest BCUT2D eigenvalue weighted by atomic mass is 32.1. The molecule has 1 atom stereocenters. The lowest BCUT2D eigenvalue weighted by Gasteiger charge is -2.36. The van der Waals surface area contributed by atoms with Crippen molar-refractivity contribution >= 4 is 28.5 Å². The molecule has 0 aliphatic carbocycles. The van der Waals surface area contributed by atoms with Crippen LogP contribution >= 0.6 is 11.3 Å². The molecule has 5 rings (SSSR count). The van der Waals surface area contributed by atoms with Gasteiger partial charge in [0.2, 0.25) is 0 Å². The van der Waals surface area contributed by atoms with Crippen molar-refractivity contribution in [3.63, 3.8) is 0 Å². The highest BCUT2D eigenvalue weighted by Crippen LogP contribution is 2.44. The summed E-state index contributed by atoms with van der Waals surface area (Å²) in [6.07, 6.45) is 8.60. The van der Waals surface area contributed by atoms with Gasteiger partial charge in [0.1, 0.15) is 17.0 Å². The third-order valence-electron chi connectivity index (χ3n) is 6.30. The molecule has 2 aromatic rings. The quantitative estimate of drug-likeness (QED) is 0.729. The summed E-state index contributed by atoms with van der Waals surface area (Å²) in [5, 5.41) is 0.999. The summed E-state index contributed by atoms with van der Waals surface area (Å²) >= 11 is 1.74. The van der Waals surface area contributed by atoms with Gasteiger partial charge in [-0.05, 0) is 32.0 Å². The summed E-state index contributed by atoms with van der Waals surface area (Å²) in [7, 11) is 2.15. The van der Waals surface area contributed by atoms with Crippen molar-refractivity contribution in [2.24, 2.45) is 4.99 Å². The van der Waals surface area contributed by atoms with E-state index in [0.29, 0.717) is 0 Å². The molecule has 0 saturated carbocycles. The Hall–Kier alpha value is -2.07. The summed E-state index contributed by atoms with van der Waals surface area (Å²) in [6.45, 7) is 7.88. The third-order valence-corrected chi connectivity index (χ3v) is 7.44. The Morgan fingerprint density at radius 2 is 2.00 bits per heavy atom. The summed E-state index contributed by atoms with van der Waals surface area (Å²) in [6, 6.07) is 0. The first-order valence-electron chi connectivity index (χ1n) is 10.7. The van der Waals surface area contributed by atoms with Gasteiger partial charge in [-0.2, -0.15) is 0 Å². The largest absolute Gasteiger partial charge is 0.353 e. The Kier molecular flexibility index (Phi) is 5.68. The number of hydrogen-bond donors (Lipinski definition) is 0. The number of piperazine rings is 1. The van der Waals surface area contributed by atoms with Crippen molar-refractivity contribution in [1.82, 2.24) is 30.4 Å². The second-order valence-electron chi connectivity index (χ2n) is 8.31. The molecular weight excluding hydrogens is 396 g/mol. The van der Waals surface area contributed by atoms with Crippen LogP contribution in [0, 0.1) is 0 Å². The fourth-order valence-corrected chi connectivity index (χ4v) is 5.86. The molecule has 158 valence electrons. The zero-order valence-electron chi connectivity index (χ0n) is 17.4. The summed E-state index contributed by atoms with van der Waals surface area (Å²) in [4.78, 5) is 23.7. The van der Waals surface area contributed by atoms with Crippen LogP contribution in [0.15, 0.2) is 23.6 Å². The smallest absolute Gasteiger partial charge is 0.147 e. The van der Waals surface area contributed by atoms with Crippen molar-refractivity contribution in [2.75, 3.05) is 57.8 Å². The molecule has 9 heteroatoms. The first kappa shape index (κ1) is 19.9. The number of rotatable bonds is 5. The number of likely N-dealkylation sites (N-methyl/N-ethyl adjacent to an activating group) is 1. The molecule has 0 aromatic carbocycles. The lowest BCUT2D eigenvalue weighted by atomic mass is 10.00. The Labute approximate surface area is 182 Å². The van der Waals surface area contributed by atoms with Gasteiger partial charge >= 0.3 is 0 Å². The van der Waals surface area contributed by atoms with Crippen LogP contribution in [-0.2, 0) is 13.0 Å². The minimum absolute atomic E-state index is 0.561. The van der Waals surface area contributed by atoms with E-state index in [-0.39, 0.29) is 0 Å². The Bertz CT molecular complexity index is 890. The van der Waals surface area contributed by atoms with Crippen LogP contribution in [0.5, 0.6) is 0 Å². The van der Waals surface area contributed by atoms with Gasteiger partial charge in [-0.1, -0.05) is 0 Å². The maximum Gasteiger partial charge on any atom is 0.147 e. The molecule has 3 aliphatic rings. The number of fused-ring (bicyclic) bond motifs is 3. The average molecular weight is 425 g/mol. The lowest BCUT2D eigenvalue weighted by molar-refractivity contribution is 0.232. The summed E-state index contributed by atoms with van der Waals surface area (Å²) in [5.41, 5.74) is 13.4. The molecule has 5 heterocycles. The number of hydrogen-bond acceptors (Lipinski definition) is 8. The zero-order chi connectivity index (χ0) is 20.5. The number of aliphatic imine (C=N–C) groups is 1. The van der Waals surface area contributed by atoms with Crippen molar-refractivity contribution in [2.45, 2.75) is 25.6 Å². The van der Waals surface area contributed by atoms with E-state index in [1.54, 1.807) is 23.7 Å². The predicted molar refractivity (Wildman–Crippen MR) is 119 cm³/mol. The fraction of sp³-hybridized carbons (Fsp3) is 0.571. The van der Waals surface area contributed by atoms with Gasteiger partial charge < -0.3 is 14.7 Å². The first-order valence-corrected chi connectivity index (χ1v) is 11.5. The van der Waals surface area contributed by atoms with E-state index in [4.69, 9.17) is 0 Å². The van der Waals surface area contributed by atoms with E-state index in [2.05, 4.69) is 36.7 Å².